The van der Waals surface area contributed by atoms with Gasteiger partial charge in [-0.2, -0.15) is 5.26 Å². The van der Waals surface area contributed by atoms with Crippen LogP contribution in [0.25, 0.3) is 0 Å². The lowest BCUT2D eigenvalue weighted by molar-refractivity contribution is -0.00493. The second-order valence-corrected chi connectivity index (χ2v) is 12.5. The fourth-order valence-corrected chi connectivity index (χ4v) is 3.46. The van der Waals surface area contributed by atoms with Crippen molar-refractivity contribution in [2.24, 2.45) is 0 Å². The van der Waals surface area contributed by atoms with Gasteiger partial charge in [-0.25, -0.2) is 0 Å². The maximum atomic E-state index is 9.73. The van der Waals surface area contributed by atoms with E-state index in [1.807, 2.05) is 30.3 Å². The molecule has 140 valence electrons. The van der Waals surface area contributed by atoms with Crippen molar-refractivity contribution in [3.8, 4) is 6.07 Å². The first-order chi connectivity index (χ1) is 11.7. The maximum Gasteiger partial charge on any atom is 0.193 e. The van der Waals surface area contributed by atoms with Gasteiger partial charge >= 0.3 is 0 Å². The monoisotopic (exact) mass is 364 g/mol. The third-order valence-electron chi connectivity index (χ3n) is 4.95. The van der Waals surface area contributed by atoms with E-state index in [-0.39, 0.29) is 11.6 Å². The summed E-state index contributed by atoms with van der Waals surface area (Å²) >= 11 is 0. The summed E-state index contributed by atoms with van der Waals surface area (Å²) in [5, 5.41) is 22.8. The van der Waals surface area contributed by atoms with E-state index in [1.54, 1.807) is 7.11 Å². The molecule has 0 saturated heterocycles. The van der Waals surface area contributed by atoms with Gasteiger partial charge in [-0.1, -0.05) is 51.1 Å². The van der Waals surface area contributed by atoms with Crippen LogP contribution >= 0.6 is 0 Å². The van der Waals surface area contributed by atoms with E-state index in [4.69, 9.17) is 9.16 Å². The highest BCUT2D eigenvalue weighted by molar-refractivity contribution is 6.74. The largest absolute Gasteiger partial charge is 0.400 e. The van der Waals surface area contributed by atoms with Gasteiger partial charge in [-0.05, 0) is 23.7 Å². The molecule has 1 aromatic rings. The Morgan fingerprint density at radius 2 is 1.84 bits per heavy atom. The number of nitrogens with zero attached hydrogens (tertiary/aromatic N) is 1. The number of hydrogen-bond donors (Lipinski definition) is 2. The highest BCUT2D eigenvalue weighted by Gasteiger charge is 2.42. The van der Waals surface area contributed by atoms with Crippen molar-refractivity contribution < 1.29 is 14.3 Å². The van der Waals surface area contributed by atoms with Gasteiger partial charge in [0.25, 0.3) is 0 Å². The van der Waals surface area contributed by atoms with E-state index in [0.29, 0.717) is 6.54 Å². The Bertz CT molecular complexity index is 548. The molecule has 0 radical (unpaired) electrons. The van der Waals surface area contributed by atoms with Crippen LogP contribution in [0.5, 0.6) is 0 Å². The average Bonchev–Trinajstić information content (AvgIpc) is 2.56. The summed E-state index contributed by atoms with van der Waals surface area (Å²) in [5.41, 5.74) is 1.10. The molecule has 0 aromatic heterocycles. The SMILES string of the molecule is CO[C@@H](CO)[C@@H](NCc1ccccc1)[C@@H](C#N)O[Si](C)(C)C(C)(C)C. The number of hydrogen-bond acceptors (Lipinski definition) is 5. The standard InChI is InChI=1S/C19H32N2O3Si/c1-19(2,3)25(5,6)24-16(12-20)18(17(14-22)23-4)21-13-15-10-8-7-9-11-15/h7-11,16-18,21-22H,13-14H2,1-6H3/t16-,17+,18+/m1/s1. The Morgan fingerprint density at radius 3 is 2.28 bits per heavy atom. The Kier molecular flexibility index (Phi) is 8.25. The van der Waals surface area contributed by atoms with Crippen LogP contribution in [0.3, 0.4) is 0 Å². The Balaban J connectivity index is 2.97. The molecule has 0 bridgehead atoms. The molecular weight excluding hydrogens is 332 g/mol. The minimum atomic E-state index is -2.13. The van der Waals surface area contributed by atoms with Gasteiger partial charge in [-0.3, -0.25) is 0 Å². The lowest BCUT2D eigenvalue weighted by Gasteiger charge is -2.40. The maximum absolute atomic E-state index is 9.73. The fourth-order valence-electron chi connectivity index (χ4n) is 2.27. The zero-order valence-corrected chi connectivity index (χ0v) is 17.2. The van der Waals surface area contributed by atoms with Gasteiger partial charge in [0.1, 0.15) is 0 Å². The van der Waals surface area contributed by atoms with Crippen LogP contribution in [0, 0.1) is 11.3 Å². The van der Waals surface area contributed by atoms with Crippen LogP contribution < -0.4 is 5.32 Å². The van der Waals surface area contributed by atoms with Crippen molar-refractivity contribution in [1.29, 1.82) is 5.26 Å². The molecule has 1 aromatic carbocycles. The van der Waals surface area contributed by atoms with E-state index >= 15 is 0 Å². The van der Waals surface area contributed by atoms with Crippen LogP contribution in [0.1, 0.15) is 26.3 Å². The number of nitrogens with one attached hydrogen (secondary N) is 1. The summed E-state index contributed by atoms with van der Waals surface area (Å²) in [7, 11) is -0.591. The minimum Gasteiger partial charge on any atom is -0.400 e. The summed E-state index contributed by atoms with van der Waals surface area (Å²) in [6.45, 7) is 11.0. The fraction of sp³-hybridized carbons (Fsp3) is 0.632. The number of methoxy groups -OCH3 is 1. The molecule has 3 atom stereocenters. The predicted octanol–water partition coefficient (Wildman–Crippen LogP) is 3.07. The molecule has 1 rings (SSSR count). The first-order valence-corrected chi connectivity index (χ1v) is 11.6. The summed E-state index contributed by atoms with van der Waals surface area (Å²) in [5.74, 6) is 0. The Hall–Kier alpha value is -1.23. The van der Waals surface area contributed by atoms with Gasteiger partial charge in [0.2, 0.25) is 0 Å². The molecule has 0 heterocycles. The molecule has 2 N–H and O–H groups in total. The summed E-state index contributed by atoms with van der Waals surface area (Å²) < 4.78 is 11.7. The third-order valence-corrected chi connectivity index (χ3v) is 9.40. The van der Waals surface area contributed by atoms with Crippen LogP contribution in [0.2, 0.25) is 18.1 Å². The normalized spacial score (nSPS) is 16.1. The van der Waals surface area contributed by atoms with Gasteiger partial charge in [-0.15, -0.1) is 0 Å². The second kappa shape index (κ2) is 9.46. The molecule has 0 saturated carbocycles. The van der Waals surface area contributed by atoms with E-state index in [2.05, 4.69) is 45.3 Å². The van der Waals surface area contributed by atoms with Crippen LogP contribution in [-0.2, 0) is 15.7 Å². The highest BCUT2D eigenvalue weighted by Crippen LogP contribution is 2.37. The molecule has 0 fully saturated rings. The number of aliphatic hydroxyl groups is 1. The van der Waals surface area contributed by atoms with Crippen molar-refractivity contribution in [2.45, 2.75) is 63.7 Å². The molecule has 5 nitrogen and oxygen atoms in total. The Morgan fingerprint density at radius 1 is 1.24 bits per heavy atom. The number of benzene rings is 1. The predicted molar refractivity (Wildman–Crippen MR) is 103 cm³/mol. The van der Waals surface area contributed by atoms with Crippen molar-refractivity contribution in [2.75, 3.05) is 13.7 Å². The summed E-state index contributed by atoms with van der Waals surface area (Å²) in [6.07, 6.45) is -1.21. The Labute approximate surface area is 153 Å². The van der Waals surface area contributed by atoms with Crippen LogP contribution in [0.4, 0.5) is 0 Å². The lowest BCUT2D eigenvalue weighted by atomic mass is 10.1. The molecule has 0 aliphatic carbocycles. The smallest absolute Gasteiger partial charge is 0.193 e. The van der Waals surface area contributed by atoms with Crippen molar-refractivity contribution >= 4 is 8.32 Å². The molecule has 0 unspecified atom stereocenters. The zero-order chi connectivity index (χ0) is 19.1. The number of rotatable bonds is 9. The van der Waals surface area contributed by atoms with Gasteiger partial charge in [0, 0.05) is 13.7 Å². The van der Waals surface area contributed by atoms with Gasteiger partial charge in [0.05, 0.1) is 24.8 Å². The van der Waals surface area contributed by atoms with Gasteiger partial charge in [0.15, 0.2) is 14.4 Å². The minimum absolute atomic E-state index is 0.00609. The zero-order valence-electron chi connectivity index (χ0n) is 16.2. The average molecular weight is 365 g/mol. The first-order valence-electron chi connectivity index (χ1n) is 8.64. The molecule has 0 spiro atoms. The molecule has 0 aliphatic heterocycles. The van der Waals surface area contributed by atoms with E-state index in [0.717, 1.165) is 5.56 Å². The summed E-state index contributed by atoms with van der Waals surface area (Å²) in [6, 6.07) is 11.8. The summed E-state index contributed by atoms with van der Waals surface area (Å²) in [4.78, 5) is 0. The third kappa shape index (κ3) is 6.21. The first kappa shape index (κ1) is 21.8. The van der Waals surface area contributed by atoms with Crippen LogP contribution in [0.15, 0.2) is 30.3 Å². The van der Waals surface area contributed by atoms with Crippen LogP contribution in [-0.4, -0.2) is 45.4 Å². The highest BCUT2D eigenvalue weighted by atomic mass is 28.4. The van der Waals surface area contributed by atoms with Crippen molar-refractivity contribution in [3.63, 3.8) is 0 Å². The van der Waals surface area contributed by atoms with Crippen molar-refractivity contribution in [1.82, 2.24) is 5.32 Å². The topological polar surface area (TPSA) is 74.5 Å². The molecule has 0 aliphatic rings. The van der Waals surface area contributed by atoms with E-state index < -0.39 is 26.6 Å². The molecule has 6 heteroatoms. The molecule has 0 amide bonds. The lowest BCUT2D eigenvalue weighted by Crippen LogP contribution is -2.55. The number of ether oxygens (including phenoxy) is 1. The van der Waals surface area contributed by atoms with Crippen molar-refractivity contribution in [3.05, 3.63) is 35.9 Å². The number of nitriles is 1. The van der Waals surface area contributed by atoms with Gasteiger partial charge < -0.3 is 19.6 Å². The number of aliphatic hydroxyl groups excluding tert-OH is 1. The molecule has 25 heavy (non-hydrogen) atoms. The quantitative estimate of drug-likeness (QED) is 0.659. The molecular formula is C19H32N2O3Si. The second-order valence-electron chi connectivity index (χ2n) is 7.78. The van der Waals surface area contributed by atoms with E-state index in [9.17, 15) is 10.4 Å². The van der Waals surface area contributed by atoms with E-state index in [1.165, 1.54) is 0 Å².